The van der Waals surface area contributed by atoms with Gasteiger partial charge in [-0.1, -0.05) is 49.0 Å². The average molecular weight is 424 g/mol. The van der Waals surface area contributed by atoms with Crippen LogP contribution in [0.5, 0.6) is 0 Å². The summed E-state index contributed by atoms with van der Waals surface area (Å²) in [7, 11) is 0. The van der Waals surface area contributed by atoms with E-state index < -0.39 is 0 Å². The Kier molecular flexibility index (Phi) is 5.94. The number of fused-ring (bicyclic) bond motifs is 3. The smallest absolute Gasteiger partial charge is 0.230 e. The predicted molar refractivity (Wildman–Crippen MR) is 117 cm³/mol. The molecule has 0 bridgehead atoms. The SMILES string of the molecule is CCC(C)NC(=O)CSc1nnc2c3ccccc3n(Cc3ccc(F)cc3)c2n1. The van der Waals surface area contributed by atoms with Crippen molar-refractivity contribution in [2.24, 2.45) is 0 Å². The number of halogens is 1. The summed E-state index contributed by atoms with van der Waals surface area (Å²) in [4.78, 5) is 16.8. The third-order valence-electron chi connectivity index (χ3n) is 4.96. The van der Waals surface area contributed by atoms with E-state index in [9.17, 15) is 9.18 Å². The molecule has 0 aliphatic rings. The first-order valence-electron chi connectivity index (χ1n) is 9.83. The minimum absolute atomic E-state index is 0.0510. The minimum atomic E-state index is -0.265. The van der Waals surface area contributed by atoms with Crippen molar-refractivity contribution in [3.63, 3.8) is 0 Å². The fourth-order valence-electron chi connectivity index (χ4n) is 3.23. The Morgan fingerprint density at radius 2 is 1.93 bits per heavy atom. The zero-order valence-corrected chi connectivity index (χ0v) is 17.6. The quantitative estimate of drug-likeness (QED) is 0.452. The molecule has 1 amide bonds. The first-order valence-corrected chi connectivity index (χ1v) is 10.8. The molecule has 8 heteroatoms. The van der Waals surface area contributed by atoms with Crippen LogP contribution >= 0.6 is 11.8 Å². The summed E-state index contributed by atoms with van der Waals surface area (Å²) in [5, 5.41) is 13.0. The van der Waals surface area contributed by atoms with E-state index in [1.54, 1.807) is 12.1 Å². The van der Waals surface area contributed by atoms with E-state index in [-0.39, 0.29) is 23.5 Å². The molecule has 2 aromatic heterocycles. The second-order valence-corrected chi connectivity index (χ2v) is 8.10. The van der Waals surface area contributed by atoms with Crippen molar-refractivity contribution in [1.29, 1.82) is 0 Å². The Morgan fingerprint density at radius 3 is 2.70 bits per heavy atom. The van der Waals surface area contributed by atoms with Gasteiger partial charge in [0.1, 0.15) is 11.3 Å². The maximum atomic E-state index is 13.3. The lowest BCUT2D eigenvalue weighted by Gasteiger charge is -2.10. The normalized spacial score (nSPS) is 12.4. The molecule has 6 nitrogen and oxygen atoms in total. The molecule has 30 heavy (non-hydrogen) atoms. The minimum Gasteiger partial charge on any atom is -0.353 e. The second kappa shape index (κ2) is 8.79. The van der Waals surface area contributed by atoms with Crippen LogP contribution in [-0.4, -0.2) is 37.5 Å². The number of rotatable bonds is 7. The summed E-state index contributed by atoms with van der Waals surface area (Å²) >= 11 is 1.26. The molecule has 2 heterocycles. The Balaban J connectivity index is 1.67. The summed E-state index contributed by atoms with van der Waals surface area (Å²) < 4.78 is 15.4. The van der Waals surface area contributed by atoms with Crippen molar-refractivity contribution in [2.45, 2.75) is 38.0 Å². The zero-order valence-electron chi connectivity index (χ0n) is 16.8. The highest BCUT2D eigenvalue weighted by molar-refractivity contribution is 7.99. The molecular weight excluding hydrogens is 401 g/mol. The first kappa shape index (κ1) is 20.3. The van der Waals surface area contributed by atoms with Gasteiger partial charge in [-0.2, -0.15) is 0 Å². The molecule has 4 rings (SSSR count). The van der Waals surface area contributed by atoms with E-state index in [2.05, 4.69) is 20.1 Å². The molecule has 2 aromatic carbocycles. The number of nitrogens with one attached hydrogen (secondary N) is 1. The summed E-state index contributed by atoms with van der Waals surface area (Å²) in [5.41, 5.74) is 3.34. The van der Waals surface area contributed by atoms with Crippen LogP contribution in [-0.2, 0) is 11.3 Å². The van der Waals surface area contributed by atoms with E-state index in [0.717, 1.165) is 22.9 Å². The number of amides is 1. The van der Waals surface area contributed by atoms with Crippen LogP contribution in [0.15, 0.2) is 53.7 Å². The van der Waals surface area contributed by atoms with Crippen LogP contribution in [0.2, 0.25) is 0 Å². The highest BCUT2D eigenvalue weighted by Gasteiger charge is 2.16. The number of nitrogens with zero attached hydrogens (tertiary/aromatic N) is 4. The van der Waals surface area contributed by atoms with E-state index in [4.69, 9.17) is 4.98 Å². The number of para-hydroxylation sites is 1. The van der Waals surface area contributed by atoms with Crippen LogP contribution in [0.4, 0.5) is 4.39 Å². The third-order valence-corrected chi connectivity index (χ3v) is 5.80. The molecule has 0 radical (unpaired) electrons. The molecule has 154 valence electrons. The highest BCUT2D eigenvalue weighted by atomic mass is 32.2. The molecule has 0 saturated carbocycles. The molecule has 1 unspecified atom stereocenters. The van der Waals surface area contributed by atoms with Crippen molar-refractivity contribution >= 4 is 39.7 Å². The number of hydrogen-bond acceptors (Lipinski definition) is 5. The Morgan fingerprint density at radius 1 is 1.17 bits per heavy atom. The fraction of sp³-hybridized carbons (Fsp3) is 0.273. The number of carbonyl (C=O) groups is 1. The topological polar surface area (TPSA) is 72.7 Å². The van der Waals surface area contributed by atoms with E-state index in [0.29, 0.717) is 22.9 Å². The molecule has 1 N–H and O–H groups in total. The zero-order chi connectivity index (χ0) is 21.1. The van der Waals surface area contributed by atoms with Gasteiger partial charge in [0, 0.05) is 18.0 Å². The van der Waals surface area contributed by atoms with Crippen LogP contribution in [0.3, 0.4) is 0 Å². The lowest BCUT2D eigenvalue weighted by atomic mass is 10.2. The highest BCUT2D eigenvalue weighted by Crippen LogP contribution is 2.28. The van der Waals surface area contributed by atoms with Gasteiger partial charge in [-0.3, -0.25) is 4.79 Å². The van der Waals surface area contributed by atoms with Gasteiger partial charge in [-0.15, -0.1) is 10.2 Å². The maximum Gasteiger partial charge on any atom is 0.230 e. The van der Waals surface area contributed by atoms with Crippen LogP contribution < -0.4 is 5.32 Å². The Bertz CT molecular complexity index is 1190. The van der Waals surface area contributed by atoms with Crippen LogP contribution in [0.1, 0.15) is 25.8 Å². The Labute approximate surface area is 177 Å². The summed E-state index contributed by atoms with van der Waals surface area (Å²) in [6, 6.07) is 14.5. The van der Waals surface area contributed by atoms with E-state index in [1.807, 2.05) is 38.1 Å². The monoisotopic (exact) mass is 423 g/mol. The van der Waals surface area contributed by atoms with Crippen molar-refractivity contribution in [2.75, 3.05) is 5.75 Å². The van der Waals surface area contributed by atoms with Gasteiger partial charge in [0.2, 0.25) is 11.1 Å². The molecule has 1 atom stereocenters. The lowest BCUT2D eigenvalue weighted by Crippen LogP contribution is -2.33. The second-order valence-electron chi connectivity index (χ2n) is 7.16. The van der Waals surface area contributed by atoms with E-state index >= 15 is 0 Å². The van der Waals surface area contributed by atoms with Gasteiger partial charge >= 0.3 is 0 Å². The molecule has 0 spiro atoms. The summed E-state index contributed by atoms with van der Waals surface area (Å²) in [5.74, 6) is -0.0837. The van der Waals surface area contributed by atoms with Crippen molar-refractivity contribution in [1.82, 2.24) is 25.1 Å². The number of thioether (sulfide) groups is 1. The van der Waals surface area contributed by atoms with Crippen LogP contribution in [0, 0.1) is 5.82 Å². The number of benzene rings is 2. The largest absolute Gasteiger partial charge is 0.353 e. The van der Waals surface area contributed by atoms with Crippen molar-refractivity contribution in [3.05, 3.63) is 59.9 Å². The third kappa shape index (κ3) is 4.28. The molecule has 4 aromatic rings. The molecule has 0 fully saturated rings. The molecule has 0 aliphatic heterocycles. The average Bonchev–Trinajstić information content (AvgIpc) is 3.07. The maximum absolute atomic E-state index is 13.3. The predicted octanol–water partition coefficient (Wildman–Crippen LogP) is 4.17. The fourth-order valence-corrected chi connectivity index (χ4v) is 3.82. The van der Waals surface area contributed by atoms with Gasteiger partial charge in [-0.05, 0) is 37.1 Å². The first-order chi connectivity index (χ1) is 14.5. The van der Waals surface area contributed by atoms with Crippen LogP contribution in [0.25, 0.3) is 22.1 Å². The van der Waals surface area contributed by atoms with Gasteiger partial charge in [-0.25, -0.2) is 9.37 Å². The molecule has 0 saturated heterocycles. The molecule has 0 aliphatic carbocycles. The number of carbonyl (C=O) groups excluding carboxylic acids is 1. The summed E-state index contributed by atoms with van der Waals surface area (Å²) in [6.45, 7) is 4.53. The standard InChI is InChI=1S/C22H22FN5OS/c1-3-14(2)24-19(29)13-30-22-25-21-20(26-27-22)17-6-4-5-7-18(17)28(21)12-15-8-10-16(23)11-9-15/h4-11,14H,3,12-13H2,1-2H3,(H,24,29). The lowest BCUT2D eigenvalue weighted by molar-refractivity contribution is -0.119. The van der Waals surface area contributed by atoms with Crippen molar-refractivity contribution in [3.8, 4) is 0 Å². The van der Waals surface area contributed by atoms with Gasteiger partial charge < -0.3 is 9.88 Å². The van der Waals surface area contributed by atoms with E-state index in [1.165, 1.54) is 23.9 Å². The van der Waals surface area contributed by atoms with Gasteiger partial charge in [0.15, 0.2) is 5.65 Å². The van der Waals surface area contributed by atoms with Gasteiger partial charge in [0.05, 0.1) is 11.3 Å². The summed E-state index contributed by atoms with van der Waals surface area (Å²) in [6.07, 6.45) is 0.879. The van der Waals surface area contributed by atoms with Gasteiger partial charge in [0.25, 0.3) is 0 Å². The number of aromatic nitrogens is 4. The van der Waals surface area contributed by atoms with Crippen molar-refractivity contribution < 1.29 is 9.18 Å². The molecular formula is C22H22FN5OS. The Hall–Kier alpha value is -3.00. The number of hydrogen-bond donors (Lipinski definition) is 1.